The predicted octanol–water partition coefficient (Wildman–Crippen LogP) is 3.59. The van der Waals surface area contributed by atoms with Crippen molar-refractivity contribution in [3.05, 3.63) is 101 Å². The van der Waals surface area contributed by atoms with E-state index in [0.29, 0.717) is 25.3 Å². The zero-order valence-corrected chi connectivity index (χ0v) is 19.1. The first-order chi connectivity index (χ1) is 15.9. The van der Waals surface area contributed by atoms with Crippen molar-refractivity contribution in [2.24, 2.45) is 7.05 Å². The molecule has 0 aliphatic heterocycles. The lowest BCUT2D eigenvalue weighted by molar-refractivity contribution is 0.287. The van der Waals surface area contributed by atoms with Crippen molar-refractivity contribution in [3.8, 4) is 5.75 Å². The number of hydrogen-bond donors (Lipinski definition) is 0. The van der Waals surface area contributed by atoms with Crippen LogP contribution in [0.25, 0.3) is 10.9 Å². The van der Waals surface area contributed by atoms with Crippen LogP contribution in [0.1, 0.15) is 12.0 Å². The van der Waals surface area contributed by atoms with Crippen LogP contribution in [0.3, 0.4) is 0 Å². The minimum atomic E-state index is -3.66. The Morgan fingerprint density at radius 3 is 2.58 bits per heavy atom. The van der Waals surface area contributed by atoms with Crippen LogP contribution in [-0.2, 0) is 23.6 Å². The molecule has 4 aromatic rings. The van der Waals surface area contributed by atoms with Crippen LogP contribution < -0.4 is 10.3 Å². The van der Waals surface area contributed by atoms with Gasteiger partial charge in [-0.05, 0) is 54.4 Å². The summed E-state index contributed by atoms with van der Waals surface area (Å²) in [6.45, 7) is 0.883. The minimum Gasteiger partial charge on any atom is -0.494 e. The van der Waals surface area contributed by atoms with Gasteiger partial charge in [-0.3, -0.25) is 9.78 Å². The normalized spacial score (nSPS) is 11.7. The molecule has 2 heterocycles. The Balaban J connectivity index is 1.45. The minimum absolute atomic E-state index is 0.0653. The summed E-state index contributed by atoms with van der Waals surface area (Å²) in [6, 6.07) is 20.9. The molecule has 0 atom stereocenters. The third kappa shape index (κ3) is 5.30. The van der Waals surface area contributed by atoms with E-state index in [1.807, 2.05) is 24.3 Å². The summed E-state index contributed by atoms with van der Waals surface area (Å²) in [6.07, 6.45) is 3.85. The second kappa shape index (κ2) is 9.97. The van der Waals surface area contributed by atoms with E-state index >= 15 is 0 Å². The van der Waals surface area contributed by atoms with Crippen molar-refractivity contribution in [2.45, 2.75) is 17.9 Å². The van der Waals surface area contributed by atoms with Gasteiger partial charge in [0.25, 0.3) is 5.56 Å². The van der Waals surface area contributed by atoms with Crippen molar-refractivity contribution in [1.29, 1.82) is 0 Å². The first-order valence-corrected chi connectivity index (χ1v) is 12.1. The largest absolute Gasteiger partial charge is 0.494 e. The van der Waals surface area contributed by atoms with Gasteiger partial charge < -0.3 is 9.30 Å². The Labute approximate surface area is 192 Å². The van der Waals surface area contributed by atoms with Crippen LogP contribution in [-0.4, -0.2) is 35.4 Å². The Hall–Kier alpha value is -3.49. The molecule has 0 aliphatic carbocycles. The highest BCUT2D eigenvalue weighted by Gasteiger charge is 2.24. The van der Waals surface area contributed by atoms with Crippen molar-refractivity contribution in [1.82, 2.24) is 13.9 Å². The topological polar surface area (TPSA) is 81.5 Å². The molecule has 0 bridgehead atoms. The van der Waals surface area contributed by atoms with Crippen LogP contribution in [0.4, 0.5) is 0 Å². The molecule has 0 spiro atoms. The first-order valence-electron chi connectivity index (χ1n) is 10.6. The van der Waals surface area contributed by atoms with E-state index in [-0.39, 0.29) is 17.0 Å². The number of aryl methyl sites for hydroxylation is 1. The lowest BCUT2D eigenvalue weighted by Crippen LogP contribution is -2.32. The third-order valence-electron chi connectivity index (χ3n) is 5.38. The van der Waals surface area contributed by atoms with E-state index in [9.17, 15) is 13.2 Å². The highest BCUT2D eigenvalue weighted by Crippen LogP contribution is 2.21. The maximum absolute atomic E-state index is 13.2. The fourth-order valence-electron chi connectivity index (χ4n) is 3.60. The van der Waals surface area contributed by atoms with Gasteiger partial charge in [0.05, 0.1) is 17.0 Å². The molecule has 7 nitrogen and oxygen atoms in total. The number of hydrogen-bond acceptors (Lipinski definition) is 5. The number of fused-ring (bicyclic) bond motifs is 1. The molecule has 0 saturated carbocycles. The highest BCUT2D eigenvalue weighted by molar-refractivity contribution is 7.89. The molecule has 0 saturated heterocycles. The molecule has 0 fully saturated rings. The number of aromatic nitrogens is 2. The van der Waals surface area contributed by atoms with Gasteiger partial charge in [-0.2, -0.15) is 4.31 Å². The number of benzene rings is 2. The van der Waals surface area contributed by atoms with Crippen molar-refractivity contribution in [3.63, 3.8) is 0 Å². The fraction of sp³-hybridized carbons (Fsp3) is 0.200. The maximum atomic E-state index is 13.2. The fourth-order valence-corrected chi connectivity index (χ4v) is 5.09. The Morgan fingerprint density at radius 2 is 1.82 bits per heavy atom. The quantitative estimate of drug-likeness (QED) is 0.354. The van der Waals surface area contributed by atoms with Crippen LogP contribution in [0.5, 0.6) is 5.75 Å². The van der Waals surface area contributed by atoms with Gasteiger partial charge in [-0.1, -0.05) is 24.3 Å². The average Bonchev–Trinajstić information content (AvgIpc) is 2.84. The lowest BCUT2D eigenvalue weighted by atomic mass is 10.2. The summed E-state index contributed by atoms with van der Waals surface area (Å²) in [5, 5.41) is 0.902. The number of nitrogens with zero attached hydrogens (tertiary/aromatic N) is 3. The van der Waals surface area contributed by atoms with Gasteiger partial charge >= 0.3 is 0 Å². The summed E-state index contributed by atoms with van der Waals surface area (Å²) >= 11 is 0. The molecule has 0 radical (unpaired) electrons. The van der Waals surface area contributed by atoms with E-state index in [1.54, 1.807) is 66.5 Å². The van der Waals surface area contributed by atoms with Crippen molar-refractivity contribution in [2.75, 3.05) is 13.2 Å². The van der Waals surface area contributed by atoms with E-state index in [2.05, 4.69) is 4.98 Å². The zero-order chi connectivity index (χ0) is 23.3. The van der Waals surface area contributed by atoms with E-state index in [4.69, 9.17) is 4.74 Å². The molecular weight excluding hydrogens is 438 g/mol. The molecule has 33 heavy (non-hydrogen) atoms. The summed E-state index contributed by atoms with van der Waals surface area (Å²) in [5.41, 5.74) is 1.58. The first kappa shape index (κ1) is 22.7. The molecule has 0 unspecified atom stereocenters. The van der Waals surface area contributed by atoms with Gasteiger partial charge in [0.1, 0.15) is 5.75 Å². The van der Waals surface area contributed by atoms with E-state index < -0.39 is 10.0 Å². The number of ether oxygens (including phenoxy) is 1. The highest BCUT2D eigenvalue weighted by atomic mass is 32.2. The zero-order valence-electron chi connectivity index (χ0n) is 18.3. The number of rotatable bonds is 9. The van der Waals surface area contributed by atoms with E-state index in [1.165, 1.54) is 10.4 Å². The molecule has 2 aromatic heterocycles. The van der Waals surface area contributed by atoms with Gasteiger partial charge in [0.2, 0.25) is 10.0 Å². The molecule has 8 heteroatoms. The van der Waals surface area contributed by atoms with E-state index in [0.717, 1.165) is 16.5 Å². The Morgan fingerprint density at radius 1 is 1.00 bits per heavy atom. The molecular formula is C25H25N3O4S. The molecule has 0 amide bonds. The van der Waals surface area contributed by atoms with Gasteiger partial charge in [-0.15, -0.1) is 0 Å². The van der Waals surface area contributed by atoms with Crippen LogP contribution in [0.15, 0.2) is 94.9 Å². The van der Waals surface area contributed by atoms with Gasteiger partial charge in [0, 0.05) is 44.0 Å². The molecule has 4 rings (SSSR count). The second-order valence-electron chi connectivity index (χ2n) is 7.67. The van der Waals surface area contributed by atoms with Crippen LogP contribution in [0, 0.1) is 0 Å². The monoisotopic (exact) mass is 463 g/mol. The van der Waals surface area contributed by atoms with Gasteiger partial charge in [0.15, 0.2) is 0 Å². The average molecular weight is 464 g/mol. The SMILES string of the molecule is Cn1c(=O)ccc2cc(OCCCN(Cc3cccnc3)S(=O)(=O)c3ccccc3)ccc21. The molecule has 0 N–H and O–H groups in total. The maximum Gasteiger partial charge on any atom is 0.250 e. The molecule has 0 aliphatic rings. The lowest BCUT2D eigenvalue weighted by Gasteiger charge is -2.22. The summed E-state index contributed by atoms with van der Waals surface area (Å²) in [5.74, 6) is 0.672. The Kier molecular flexibility index (Phi) is 6.86. The predicted molar refractivity (Wildman–Crippen MR) is 128 cm³/mol. The third-order valence-corrected chi connectivity index (χ3v) is 7.24. The molecule has 2 aromatic carbocycles. The Bertz CT molecular complexity index is 1390. The van der Waals surface area contributed by atoms with Crippen LogP contribution >= 0.6 is 0 Å². The summed E-state index contributed by atoms with van der Waals surface area (Å²) in [4.78, 5) is 16.1. The summed E-state index contributed by atoms with van der Waals surface area (Å²) in [7, 11) is -1.93. The van der Waals surface area contributed by atoms with Crippen molar-refractivity contribution < 1.29 is 13.2 Å². The van der Waals surface area contributed by atoms with Gasteiger partial charge in [-0.25, -0.2) is 8.42 Å². The standard InChI is InChI=1S/C25H25N3O4S/c1-27-24-12-11-22(17-21(24)10-13-25(27)29)32-16-6-15-28(19-20-7-5-14-26-18-20)33(30,31)23-8-3-2-4-9-23/h2-5,7-14,17-18H,6,15-16,19H2,1H3. The smallest absolute Gasteiger partial charge is 0.250 e. The summed E-state index contributed by atoms with van der Waals surface area (Å²) < 4.78 is 35.4. The number of pyridine rings is 2. The number of sulfonamides is 1. The second-order valence-corrected chi connectivity index (χ2v) is 9.60. The van der Waals surface area contributed by atoms with Crippen LogP contribution in [0.2, 0.25) is 0 Å². The molecule has 170 valence electrons. The van der Waals surface area contributed by atoms with Crippen molar-refractivity contribution >= 4 is 20.9 Å².